The normalized spacial score (nSPS) is 14.2. The van der Waals surface area contributed by atoms with Crippen molar-refractivity contribution in [3.63, 3.8) is 0 Å². The summed E-state index contributed by atoms with van der Waals surface area (Å²) in [6, 6.07) is -0.317. The van der Waals surface area contributed by atoms with Crippen LogP contribution < -0.4 is 5.32 Å². The van der Waals surface area contributed by atoms with E-state index in [-0.39, 0.29) is 12.6 Å². The van der Waals surface area contributed by atoms with E-state index in [4.69, 9.17) is 5.11 Å². The van der Waals surface area contributed by atoms with Gasteiger partial charge in [-0.2, -0.15) is 0 Å². The van der Waals surface area contributed by atoms with Crippen molar-refractivity contribution >= 4 is 23.3 Å². The topological polar surface area (TPSA) is 82.5 Å². The van der Waals surface area contributed by atoms with Gasteiger partial charge in [-0.3, -0.25) is 4.79 Å². The average molecular weight is 283 g/mol. The minimum Gasteiger partial charge on any atom is -0.480 e. The van der Waals surface area contributed by atoms with Gasteiger partial charge in [-0.1, -0.05) is 0 Å². The molecule has 0 atom stereocenters. The van der Waals surface area contributed by atoms with Crippen LogP contribution in [0, 0.1) is 12.8 Å². The summed E-state index contributed by atoms with van der Waals surface area (Å²) in [5, 5.41) is 11.6. The Kier molecular flexibility index (Phi) is 4.36. The van der Waals surface area contributed by atoms with Crippen molar-refractivity contribution in [2.24, 2.45) is 5.92 Å². The number of thiazole rings is 1. The lowest BCUT2D eigenvalue weighted by Gasteiger charge is -2.20. The van der Waals surface area contributed by atoms with Crippen molar-refractivity contribution < 1.29 is 14.7 Å². The lowest BCUT2D eigenvalue weighted by atomic mass is 10.3. The van der Waals surface area contributed by atoms with Gasteiger partial charge in [0.2, 0.25) is 0 Å². The summed E-state index contributed by atoms with van der Waals surface area (Å²) in [5.74, 6) is -0.514. The molecule has 0 aromatic carbocycles. The second kappa shape index (κ2) is 6.01. The maximum atomic E-state index is 12.0. The third-order valence-electron chi connectivity index (χ3n) is 3.03. The van der Waals surface area contributed by atoms with Crippen LogP contribution in [0.2, 0.25) is 0 Å². The predicted molar refractivity (Wildman–Crippen MR) is 71.0 cm³/mol. The van der Waals surface area contributed by atoms with Crippen LogP contribution >= 0.6 is 11.3 Å². The molecule has 0 aliphatic heterocycles. The summed E-state index contributed by atoms with van der Waals surface area (Å²) in [4.78, 5) is 29.2. The molecule has 2 amide bonds. The van der Waals surface area contributed by atoms with Gasteiger partial charge in [-0.05, 0) is 25.7 Å². The molecule has 0 saturated heterocycles. The summed E-state index contributed by atoms with van der Waals surface area (Å²) >= 11 is 1.48. The first-order valence-corrected chi connectivity index (χ1v) is 7.07. The number of aryl methyl sites for hydroxylation is 1. The Morgan fingerprint density at radius 1 is 1.58 bits per heavy atom. The lowest BCUT2D eigenvalue weighted by Crippen LogP contribution is -2.43. The highest BCUT2D eigenvalue weighted by Gasteiger charge is 2.27. The zero-order valence-electron chi connectivity index (χ0n) is 10.8. The van der Waals surface area contributed by atoms with E-state index in [1.807, 2.05) is 6.92 Å². The van der Waals surface area contributed by atoms with Gasteiger partial charge in [0, 0.05) is 11.4 Å². The number of aliphatic carboxylic acids is 1. The molecule has 2 rings (SSSR count). The van der Waals surface area contributed by atoms with E-state index in [1.165, 1.54) is 16.2 Å². The van der Waals surface area contributed by atoms with E-state index in [0.717, 1.165) is 23.4 Å². The highest BCUT2D eigenvalue weighted by molar-refractivity contribution is 7.09. The molecule has 1 aromatic rings. The standard InChI is InChI=1S/C12H17N3O3S/c1-8-10(19-7-14-8)4-13-12(18)15(6-11(16)17)5-9-2-3-9/h7,9H,2-6H2,1H3,(H,13,18)(H,16,17). The first-order chi connectivity index (χ1) is 9.06. The van der Waals surface area contributed by atoms with Crippen molar-refractivity contribution in [1.29, 1.82) is 0 Å². The quantitative estimate of drug-likeness (QED) is 0.828. The van der Waals surface area contributed by atoms with E-state index in [9.17, 15) is 9.59 Å². The van der Waals surface area contributed by atoms with Crippen LogP contribution in [0.4, 0.5) is 4.79 Å². The van der Waals surface area contributed by atoms with Crippen molar-refractivity contribution in [1.82, 2.24) is 15.2 Å². The van der Waals surface area contributed by atoms with Gasteiger partial charge in [0.25, 0.3) is 0 Å². The lowest BCUT2D eigenvalue weighted by molar-refractivity contribution is -0.137. The van der Waals surface area contributed by atoms with Crippen LogP contribution in [0.5, 0.6) is 0 Å². The largest absolute Gasteiger partial charge is 0.480 e. The molecule has 1 aliphatic carbocycles. The molecular weight excluding hydrogens is 266 g/mol. The van der Waals surface area contributed by atoms with Gasteiger partial charge in [0.1, 0.15) is 6.54 Å². The number of hydrogen-bond donors (Lipinski definition) is 2. The number of rotatable bonds is 6. The highest BCUT2D eigenvalue weighted by atomic mass is 32.1. The SMILES string of the molecule is Cc1ncsc1CNC(=O)N(CC(=O)O)CC1CC1. The van der Waals surface area contributed by atoms with Gasteiger partial charge in [0.05, 0.1) is 17.7 Å². The third-order valence-corrected chi connectivity index (χ3v) is 3.97. The number of nitrogens with one attached hydrogen (secondary N) is 1. The summed E-state index contributed by atoms with van der Waals surface area (Å²) in [6.45, 7) is 2.57. The molecule has 0 unspecified atom stereocenters. The predicted octanol–water partition coefficient (Wildman–Crippen LogP) is 1.46. The fourth-order valence-corrected chi connectivity index (χ4v) is 2.48. The third kappa shape index (κ3) is 4.20. The van der Waals surface area contributed by atoms with Crippen LogP contribution in [0.1, 0.15) is 23.4 Å². The van der Waals surface area contributed by atoms with Gasteiger partial charge in [-0.25, -0.2) is 9.78 Å². The minimum absolute atomic E-state index is 0.246. The summed E-state index contributed by atoms with van der Waals surface area (Å²) in [7, 11) is 0. The first kappa shape index (κ1) is 13.8. The van der Waals surface area contributed by atoms with E-state index in [2.05, 4.69) is 10.3 Å². The number of carbonyl (C=O) groups is 2. The molecule has 0 spiro atoms. The molecule has 19 heavy (non-hydrogen) atoms. The maximum absolute atomic E-state index is 12.0. The van der Waals surface area contributed by atoms with Crippen LogP contribution in [-0.4, -0.2) is 40.1 Å². The Bertz CT molecular complexity index is 471. The summed E-state index contributed by atoms with van der Waals surface area (Å²) in [6.07, 6.45) is 2.16. The monoisotopic (exact) mass is 283 g/mol. The van der Waals surface area contributed by atoms with E-state index < -0.39 is 5.97 Å². The van der Waals surface area contributed by atoms with Crippen molar-refractivity contribution in [2.45, 2.75) is 26.3 Å². The number of carboxylic acids is 1. The number of urea groups is 1. The van der Waals surface area contributed by atoms with Gasteiger partial charge < -0.3 is 15.3 Å². The molecule has 1 heterocycles. The molecule has 0 radical (unpaired) electrons. The van der Waals surface area contributed by atoms with E-state index in [1.54, 1.807) is 5.51 Å². The fourth-order valence-electron chi connectivity index (χ4n) is 1.76. The Morgan fingerprint density at radius 2 is 2.32 bits per heavy atom. The number of aromatic nitrogens is 1. The molecule has 1 aromatic heterocycles. The van der Waals surface area contributed by atoms with Crippen molar-refractivity contribution in [3.8, 4) is 0 Å². The number of nitrogens with zero attached hydrogens (tertiary/aromatic N) is 2. The summed E-state index contributed by atoms with van der Waals surface area (Å²) < 4.78 is 0. The molecule has 7 heteroatoms. The molecule has 104 valence electrons. The number of amides is 2. The molecule has 1 fully saturated rings. The summed E-state index contributed by atoms with van der Waals surface area (Å²) in [5.41, 5.74) is 2.63. The van der Waals surface area contributed by atoms with E-state index >= 15 is 0 Å². The minimum atomic E-state index is -0.982. The van der Waals surface area contributed by atoms with Crippen LogP contribution in [0.15, 0.2) is 5.51 Å². The first-order valence-electron chi connectivity index (χ1n) is 6.19. The van der Waals surface area contributed by atoms with Gasteiger partial charge >= 0.3 is 12.0 Å². The zero-order chi connectivity index (χ0) is 13.8. The van der Waals surface area contributed by atoms with Gasteiger partial charge in [-0.15, -0.1) is 11.3 Å². The van der Waals surface area contributed by atoms with Crippen LogP contribution in [0.3, 0.4) is 0 Å². The van der Waals surface area contributed by atoms with Crippen LogP contribution in [-0.2, 0) is 11.3 Å². The second-order valence-corrected chi connectivity index (χ2v) is 5.68. The fraction of sp³-hybridized carbons (Fsp3) is 0.583. The molecule has 1 saturated carbocycles. The second-order valence-electron chi connectivity index (χ2n) is 4.74. The zero-order valence-corrected chi connectivity index (χ0v) is 11.6. The number of carbonyl (C=O) groups excluding carboxylic acids is 1. The Hall–Kier alpha value is -1.63. The molecular formula is C12H17N3O3S. The van der Waals surface area contributed by atoms with Crippen molar-refractivity contribution in [3.05, 3.63) is 16.1 Å². The van der Waals surface area contributed by atoms with Gasteiger partial charge in [0.15, 0.2) is 0 Å². The Balaban J connectivity index is 1.87. The highest BCUT2D eigenvalue weighted by Crippen LogP contribution is 2.29. The average Bonchev–Trinajstić information content (AvgIpc) is 3.07. The molecule has 2 N–H and O–H groups in total. The number of hydrogen-bond acceptors (Lipinski definition) is 4. The Morgan fingerprint density at radius 3 is 2.84 bits per heavy atom. The Labute approximate surface area is 115 Å². The maximum Gasteiger partial charge on any atom is 0.323 e. The molecule has 0 bridgehead atoms. The smallest absolute Gasteiger partial charge is 0.323 e. The molecule has 1 aliphatic rings. The van der Waals surface area contributed by atoms with Crippen LogP contribution in [0.25, 0.3) is 0 Å². The van der Waals surface area contributed by atoms with Crippen molar-refractivity contribution in [2.75, 3.05) is 13.1 Å². The molecule has 6 nitrogen and oxygen atoms in total. The van der Waals surface area contributed by atoms with E-state index in [0.29, 0.717) is 19.0 Å². The number of carboxylic acid groups (broad SMARTS) is 1.